The molecule has 4 heteroatoms. The number of nitrogens with zero attached hydrogens (tertiary/aromatic N) is 3. The van der Waals surface area contributed by atoms with Crippen LogP contribution in [-0.2, 0) is 6.61 Å². The van der Waals surface area contributed by atoms with E-state index in [1.807, 2.05) is 56.3 Å². The van der Waals surface area contributed by atoms with E-state index in [2.05, 4.69) is 16.4 Å². The highest BCUT2D eigenvalue weighted by Crippen LogP contribution is 2.26. The third-order valence-corrected chi connectivity index (χ3v) is 3.46. The molecule has 1 heterocycles. The number of rotatable bonds is 3. The Kier molecular flexibility index (Phi) is 3.54. The molecule has 0 saturated carbocycles. The van der Waals surface area contributed by atoms with Crippen molar-refractivity contribution in [2.75, 3.05) is 0 Å². The molecule has 3 rings (SSSR count). The smallest absolute Gasteiger partial charge is 0.117 e. The molecule has 0 fully saturated rings. The first-order valence-corrected chi connectivity index (χ1v) is 6.88. The Labute approximate surface area is 123 Å². The van der Waals surface area contributed by atoms with Crippen LogP contribution in [0.15, 0.2) is 48.5 Å². The number of hydrogen-bond donors (Lipinski definition) is 1. The van der Waals surface area contributed by atoms with Gasteiger partial charge in [-0.25, -0.2) is 4.68 Å². The summed E-state index contributed by atoms with van der Waals surface area (Å²) in [7, 11) is 0. The van der Waals surface area contributed by atoms with Crippen LogP contribution in [-0.4, -0.2) is 20.1 Å². The average Bonchev–Trinajstić information content (AvgIpc) is 2.92. The molecule has 0 bridgehead atoms. The summed E-state index contributed by atoms with van der Waals surface area (Å²) >= 11 is 0. The van der Waals surface area contributed by atoms with Gasteiger partial charge in [0, 0.05) is 5.56 Å². The van der Waals surface area contributed by atoms with Crippen molar-refractivity contribution in [2.45, 2.75) is 20.5 Å². The zero-order chi connectivity index (χ0) is 14.8. The van der Waals surface area contributed by atoms with Crippen molar-refractivity contribution in [3.8, 4) is 16.9 Å². The number of aromatic nitrogens is 3. The van der Waals surface area contributed by atoms with Gasteiger partial charge in [-0.1, -0.05) is 46.7 Å². The van der Waals surface area contributed by atoms with Crippen molar-refractivity contribution < 1.29 is 5.11 Å². The molecular weight excluding hydrogens is 262 g/mol. The van der Waals surface area contributed by atoms with Crippen molar-refractivity contribution in [3.63, 3.8) is 0 Å². The van der Waals surface area contributed by atoms with Crippen LogP contribution in [0.3, 0.4) is 0 Å². The van der Waals surface area contributed by atoms with E-state index in [1.54, 1.807) is 4.68 Å². The molecule has 106 valence electrons. The Morgan fingerprint density at radius 1 is 1.00 bits per heavy atom. The third-order valence-electron chi connectivity index (χ3n) is 3.46. The monoisotopic (exact) mass is 279 g/mol. The fraction of sp³-hybridized carbons (Fsp3) is 0.176. The second-order valence-corrected chi connectivity index (χ2v) is 5.16. The van der Waals surface area contributed by atoms with Crippen molar-refractivity contribution >= 4 is 0 Å². The molecule has 2 aromatic carbocycles. The van der Waals surface area contributed by atoms with E-state index in [4.69, 9.17) is 0 Å². The van der Waals surface area contributed by atoms with Gasteiger partial charge in [-0.15, -0.1) is 5.10 Å². The average molecular weight is 279 g/mol. The number of benzene rings is 2. The molecule has 4 nitrogen and oxygen atoms in total. The summed E-state index contributed by atoms with van der Waals surface area (Å²) in [5, 5.41) is 17.8. The first-order valence-electron chi connectivity index (χ1n) is 6.88. The number of aryl methyl sites for hydroxylation is 2. The van der Waals surface area contributed by atoms with E-state index in [0.717, 1.165) is 22.5 Å². The minimum Gasteiger partial charge on any atom is -0.390 e. The van der Waals surface area contributed by atoms with Gasteiger partial charge in [-0.2, -0.15) is 0 Å². The van der Waals surface area contributed by atoms with Crippen LogP contribution in [0.1, 0.15) is 16.8 Å². The van der Waals surface area contributed by atoms with Crippen molar-refractivity contribution in [1.29, 1.82) is 0 Å². The highest BCUT2D eigenvalue weighted by atomic mass is 16.3. The fourth-order valence-electron chi connectivity index (χ4n) is 2.37. The normalized spacial score (nSPS) is 10.8. The quantitative estimate of drug-likeness (QED) is 0.801. The maximum Gasteiger partial charge on any atom is 0.117 e. The first kappa shape index (κ1) is 13.5. The van der Waals surface area contributed by atoms with Gasteiger partial charge in [0.15, 0.2) is 0 Å². The van der Waals surface area contributed by atoms with E-state index >= 15 is 0 Å². The van der Waals surface area contributed by atoms with Crippen LogP contribution in [0.5, 0.6) is 0 Å². The Balaban J connectivity index is 2.19. The molecular formula is C17H17N3O. The molecule has 0 aliphatic heterocycles. The van der Waals surface area contributed by atoms with Crippen LogP contribution in [0, 0.1) is 13.8 Å². The largest absolute Gasteiger partial charge is 0.390 e. The van der Waals surface area contributed by atoms with Gasteiger partial charge in [-0.05, 0) is 32.0 Å². The Hall–Kier alpha value is -2.46. The summed E-state index contributed by atoms with van der Waals surface area (Å²) in [5.74, 6) is 0. The van der Waals surface area contributed by atoms with Crippen LogP contribution in [0.2, 0.25) is 0 Å². The van der Waals surface area contributed by atoms with Crippen LogP contribution in [0.4, 0.5) is 0 Å². The standard InChI is InChI=1S/C17H17N3O/c1-12-6-8-15(9-7-12)20-17(16(11-21)18-19-20)14-5-3-4-13(2)10-14/h3-10,21H,11H2,1-2H3. The molecule has 0 aliphatic carbocycles. The van der Waals surface area contributed by atoms with Gasteiger partial charge >= 0.3 is 0 Å². The molecule has 21 heavy (non-hydrogen) atoms. The maximum atomic E-state index is 9.54. The minimum absolute atomic E-state index is 0.130. The van der Waals surface area contributed by atoms with Crippen LogP contribution < -0.4 is 0 Å². The second-order valence-electron chi connectivity index (χ2n) is 5.16. The van der Waals surface area contributed by atoms with Crippen molar-refractivity contribution in [3.05, 3.63) is 65.4 Å². The summed E-state index contributed by atoms with van der Waals surface area (Å²) < 4.78 is 1.78. The molecule has 0 amide bonds. The van der Waals surface area contributed by atoms with Gasteiger partial charge in [0.2, 0.25) is 0 Å². The van der Waals surface area contributed by atoms with Crippen molar-refractivity contribution in [1.82, 2.24) is 15.0 Å². The van der Waals surface area contributed by atoms with E-state index in [9.17, 15) is 5.11 Å². The Morgan fingerprint density at radius 3 is 2.43 bits per heavy atom. The minimum atomic E-state index is -0.130. The first-order chi connectivity index (χ1) is 10.2. The van der Waals surface area contributed by atoms with Crippen LogP contribution >= 0.6 is 0 Å². The number of aliphatic hydroxyl groups excluding tert-OH is 1. The molecule has 0 spiro atoms. The van der Waals surface area contributed by atoms with Gasteiger partial charge in [0.25, 0.3) is 0 Å². The summed E-state index contributed by atoms with van der Waals surface area (Å²) in [6, 6.07) is 16.2. The predicted molar refractivity (Wildman–Crippen MR) is 82.2 cm³/mol. The van der Waals surface area contributed by atoms with E-state index in [1.165, 1.54) is 5.56 Å². The zero-order valence-electron chi connectivity index (χ0n) is 12.1. The molecule has 0 unspecified atom stereocenters. The summed E-state index contributed by atoms with van der Waals surface area (Å²) in [6.07, 6.45) is 0. The summed E-state index contributed by atoms with van der Waals surface area (Å²) in [4.78, 5) is 0. The lowest BCUT2D eigenvalue weighted by molar-refractivity contribution is 0.277. The fourth-order valence-corrected chi connectivity index (χ4v) is 2.37. The molecule has 3 aromatic rings. The third kappa shape index (κ3) is 2.58. The van der Waals surface area contributed by atoms with Gasteiger partial charge in [0.05, 0.1) is 12.3 Å². The topological polar surface area (TPSA) is 50.9 Å². The lowest BCUT2D eigenvalue weighted by atomic mass is 10.1. The van der Waals surface area contributed by atoms with E-state index in [-0.39, 0.29) is 6.61 Å². The highest BCUT2D eigenvalue weighted by Gasteiger charge is 2.15. The Bertz CT molecular complexity index is 760. The lowest BCUT2D eigenvalue weighted by Gasteiger charge is -2.09. The zero-order valence-corrected chi connectivity index (χ0v) is 12.1. The lowest BCUT2D eigenvalue weighted by Crippen LogP contribution is -2.00. The predicted octanol–water partition coefficient (Wildman–Crippen LogP) is 3.04. The summed E-state index contributed by atoms with van der Waals surface area (Å²) in [6.45, 7) is 3.96. The van der Waals surface area contributed by atoms with Gasteiger partial charge in [-0.3, -0.25) is 0 Å². The van der Waals surface area contributed by atoms with Crippen LogP contribution in [0.25, 0.3) is 16.9 Å². The van der Waals surface area contributed by atoms with Gasteiger partial charge < -0.3 is 5.11 Å². The molecule has 1 N–H and O–H groups in total. The molecule has 0 aliphatic rings. The molecule has 1 aromatic heterocycles. The number of hydrogen-bond acceptors (Lipinski definition) is 3. The molecule has 0 saturated heterocycles. The van der Waals surface area contributed by atoms with E-state index in [0.29, 0.717) is 5.69 Å². The van der Waals surface area contributed by atoms with Crippen molar-refractivity contribution in [2.24, 2.45) is 0 Å². The highest BCUT2D eigenvalue weighted by molar-refractivity contribution is 5.65. The molecule has 0 radical (unpaired) electrons. The second kappa shape index (κ2) is 5.50. The van der Waals surface area contributed by atoms with E-state index < -0.39 is 0 Å². The maximum absolute atomic E-state index is 9.54. The molecule has 0 atom stereocenters. The van der Waals surface area contributed by atoms with Gasteiger partial charge in [0.1, 0.15) is 11.4 Å². The summed E-state index contributed by atoms with van der Waals surface area (Å²) in [5.41, 5.74) is 5.71. The number of aliphatic hydroxyl groups is 1. The Morgan fingerprint density at radius 2 is 1.76 bits per heavy atom. The SMILES string of the molecule is Cc1ccc(-n2nnc(CO)c2-c2cccc(C)c2)cc1.